The minimum Gasteiger partial charge on any atom is -0.462 e. The smallest absolute Gasteiger partial charge is 0.302 e. The average molecular weight is 222 g/mol. The van der Waals surface area contributed by atoms with Gasteiger partial charge < -0.3 is 4.74 Å². The molecule has 16 heavy (non-hydrogen) atoms. The number of allylic oxidation sites excluding steroid dienone is 2. The SMILES string of the molecule is CC=C1CC2CC1CC2C(CC)OC(C)=O. The Bertz CT molecular complexity index is 306. The second kappa shape index (κ2) is 4.60. The summed E-state index contributed by atoms with van der Waals surface area (Å²) in [7, 11) is 0. The summed E-state index contributed by atoms with van der Waals surface area (Å²) in [6.07, 6.45) is 7.19. The van der Waals surface area contributed by atoms with Gasteiger partial charge in [0.05, 0.1) is 0 Å². The molecule has 0 aromatic carbocycles. The molecule has 2 aliphatic rings. The summed E-state index contributed by atoms with van der Waals surface area (Å²) in [5, 5.41) is 0. The number of fused-ring (bicyclic) bond motifs is 2. The summed E-state index contributed by atoms with van der Waals surface area (Å²) in [5.41, 5.74) is 1.64. The van der Waals surface area contributed by atoms with Crippen LogP contribution in [0.15, 0.2) is 11.6 Å². The number of hydrogen-bond donors (Lipinski definition) is 0. The molecule has 2 rings (SSSR count). The zero-order valence-electron chi connectivity index (χ0n) is 10.5. The molecule has 2 saturated carbocycles. The van der Waals surface area contributed by atoms with Crippen molar-refractivity contribution in [2.45, 2.75) is 52.6 Å². The number of hydrogen-bond acceptors (Lipinski definition) is 2. The van der Waals surface area contributed by atoms with Gasteiger partial charge >= 0.3 is 5.97 Å². The van der Waals surface area contributed by atoms with Crippen LogP contribution in [0, 0.1) is 17.8 Å². The van der Waals surface area contributed by atoms with Gasteiger partial charge in [0.1, 0.15) is 6.10 Å². The van der Waals surface area contributed by atoms with Gasteiger partial charge in [-0.1, -0.05) is 18.6 Å². The van der Waals surface area contributed by atoms with E-state index in [2.05, 4.69) is 19.9 Å². The lowest BCUT2D eigenvalue weighted by Gasteiger charge is -2.30. The number of esters is 1. The van der Waals surface area contributed by atoms with E-state index in [0.29, 0.717) is 5.92 Å². The van der Waals surface area contributed by atoms with E-state index in [9.17, 15) is 4.79 Å². The zero-order valence-corrected chi connectivity index (χ0v) is 10.5. The van der Waals surface area contributed by atoms with Gasteiger partial charge in [0.25, 0.3) is 0 Å². The Morgan fingerprint density at radius 1 is 1.56 bits per heavy atom. The summed E-state index contributed by atoms with van der Waals surface area (Å²) in [5.74, 6) is 2.04. The van der Waals surface area contributed by atoms with Crippen molar-refractivity contribution < 1.29 is 9.53 Å². The summed E-state index contributed by atoms with van der Waals surface area (Å²) in [6.45, 7) is 5.79. The quantitative estimate of drug-likeness (QED) is 0.541. The predicted octanol–water partition coefficient (Wildman–Crippen LogP) is 3.32. The monoisotopic (exact) mass is 222 g/mol. The fourth-order valence-corrected chi connectivity index (χ4v) is 3.66. The molecule has 0 saturated heterocycles. The second-order valence-electron chi connectivity index (χ2n) is 5.22. The van der Waals surface area contributed by atoms with E-state index in [1.807, 2.05) is 0 Å². The van der Waals surface area contributed by atoms with Gasteiger partial charge in [0.2, 0.25) is 0 Å². The van der Waals surface area contributed by atoms with Crippen molar-refractivity contribution in [2.24, 2.45) is 17.8 Å². The topological polar surface area (TPSA) is 26.3 Å². The first-order valence-electron chi connectivity index (χ1n) is 6.48. The molecular weight excluding hydrogens is 200 g/mol. The van der Waals surface area contributed by atoms with Gasteiger partial charge in [-0.3, -0.25) is 4.79 Å². The van der Waals surface area contributed by atoms with Crippen LogP contribution < -0.4 is 0 Å². The largest absolute Gasteiger partial charge is 0.462 e. The van der Waals surface area contributed by atoms with Gasteiger partial charge in [0, 0.05) is 6.92 Å². The van der Waals surface area contributed by atoms with Crippen molar-refractivity contribution in [2.75, 3.05) is 0 Å². The minimum atomic E-state index is -0.124. The lowest BCUT2D eigenvalue weighted by molar-refractivity contribution is -0.150. The summed E-state index contributed by atoms with van der Waals surface area (Å²) < 4.78 is 5.45. The van der Waals surface area contributed by atoms with Gasteiger partial charge in [-0.05, 0) is 50.4 Å². The van der Waals surface area contributed by atoms with Crippen molar-refractivity contribution in [3.63, 3.8) is 0 Å². The van der Waals surface area contributed by atoms with Crippen molar-refractivity contribution in [3.05, 3.63) is 11.6 Å². The third-order valence-corrected chi connectivity index (χ3v) is 4.34. The van der Waals surface area contributed by atoms with Crippen LogP contribution in [0.2, 0.25) is 0 Å². The second-order valence-corrected chi connectivity index (χ2v) is 5.22. The maximum atomic E-state index is 11.1. The predicted molar refractivity (Wildman–Crippen MR) is 63.9 cm³/mol. The first kappa shape index (κ1) is 11.7. The van der Waals surface area contributed by atoms with E-state index >= 15 is 0 Å². The van der Waals surface area contributed by atoms with E-state index < -0.39 is 0 Å². The molecule has 90 valence electrons. The first-order valence-corrected chi connectivity index (χ1v) is 6.48. The molecule has 0 heterocycles. The number of rotatable bonds is 3. The van der Waals surface area contributed by atoms with Gasteiger partial charge in [0.15, 0.2) is 0 Å². The van der Waals surface area contributed by atoms with Gasteiger partial charge in [-0.2, -0.15) is 0 Å². The van der Waals surface area contributed by atoms with E-state index in [4.69, 9.17) is 4.74 Å². The number of ether oxygens (including phenoxy) is 1. The highest BCUT2D eigenvalue weighted by molar-refractivity contribution is 5.66. The molecule has 0 aromatic heterocycles. The molecular formula is C14H22O2. The summed E-state index contributed by atoms with van der Waals surface area (Å²) in [4.78, 5) is 11.1. The molecule has 0 aliphatic heterocycles. The Morgan fingerprint density at radius 2 is 2.31 bits per heavy atom. The van der Waals surface area contributed by atoms with Crippen LogP contribution in [0.4, 0.5) is 0 Å². The van der Waals surface area contributed by atoms with Crippen molar-refractivity contribution in [3.8, 4) is 0 Å². The highest BCUT2D eigenvalue weighted by Gasteiger charge is 2.45. The first-order chi connectivity index (χ1) is 7.65. The fraction of sp³-hybridized carbons (Fsp3) is 0.786. The standard InChI is InChI=1S/C14H22O2/c1-4-10-6-12-7-11(10)8-13(12)14(5-2)16-9(3)15/h4,11-14H,5-8H2,1-3H3. The molecule has 4 atom stereocenters. The molecule has 0 N–H and O–H groups in total. The van der Waals surface area contributed by atoms with Crippen molar-refractivity contribution >= 4 is 5.97 Å². The summed E-state index contributed by atoms with van der Waals surface area (Å²) >= 11 is 0. The Balaban J connectivity index is 2.00. The Morgan fingerprint density at radius 3 is 2.75 bits per heavy atom. The lowest BCUT2D eigenvalue weighted by atomic mass is 9.81. The molecule has 2 aliphatic carbocycles. The van der Waals surface area contributed by atoms with Gasteiger partial charge in [-0.25, -0.2) is 0 Å². The Kier molecular flexibility index (Phi) is 3.36. The molecule has 0 radical (unpaired) electrons. The molecule has 2 bridgehead atoms. The lowest BCUT2D eigenvalue weighted by Crippen LogP contribution is -2.29. The molecule has 0 amide bonds. The van der Waals surface area contributed by atoms with E-state index in [1.165, 1.54) is 26.2 Å². The molecule has 2 heteroatoms. The normalized spacial score (nSPS) is 36.7. The van der Waals surface area contributed by atoms with Crippen molar-refractivity contribution in [1.82, 2.24) is 0 Å². The van der Waals surface area contributed by atoms with Crippen LogP contribution in [0.1, 0.15) is 46.5 Å². The van der Waals surface area contributed by atoms with Crippen LogP contribution in [0.3, 0.4) is 0 Å². The van der Waals surface area contributed by atoms with Crippen LogP contribution in [-0.4, -0.2) is 12.1 Å². The Hall–Kier alpha value is -0.790. The highest BCUT2D eigenvalue weighted by atomic mass is 16.5. The van der Waals surface area contributed by atoms with Crippen LogP contribution in [0.5, 0.6) is 0 Å². The molecule has 2 fully saturated rings. The number of carbonyl (C=O) groups excluding carboxylic acids is 1. The molecule has 0 spiro atoms. The van der Waals surface area contributed by atoms with E-state index in [1.54, 1.807) is 5.57 Å². The zero-order chi connectivity index (χ0) is 11.7. The highest BCUT2D eigenvalue weighted by Crippen LogP contribution is 2.53. The van der Waals surface area contributed by atoms with Crippen LogP contribution in [-0.2, 0) is 9.53 Å². The maximum Gasteiger partial charge on any atom is 0.302 e. The minimum absolute atomic E-state index is 0.124. The van der Waals surface area contributed by atoms with E-state index in [0.717, 1.165) is 18.3 Å². The van der Waals surface area contributed by atoms with Crippen LogP contribution >= 0.6 is 0 Å². The molecule has 2 nitrogen and oxygen atoms in total. The average Bonchev–Trinajstić information content (AvgIpc) is 2.83. The number of carbonyl (C=O) groups is 1. The van der Waals surface area contributed by atoms with Crippen LogP contribution in [0.25, 0.3) is 0 Å². The van der Waals surface area contributed by atoms with Gasteiger partial charge in [-0.15, -0.1) is 0 Å². The van der Waals surface area contributed by atoms with E-state index in [-0.39, 0.29) is 12.1 Å². The fourth-order valence-electron chi connectivity index (χ4n) is 3.66. The van der Waals surface area contributed by atoms with Crippen molar-refractivity contribution in [1.29, 1.82) is 0 Å². The maximum absolute atomic E-state index is 11.1. The third-order valence-electron chi connectivity index (χ3n) is 4.34. The molecule has 4 unspecified atom stereocenters. The third kappa shape index (κ3) is 2.02. The summed E-state index contributed by atoms with van der Waals surface area (Å²) in [6, 6.07) is 0. The Labute approximate surface area is 98.1 Å². The molecule has 0 aromatic rings.